The molecule has 1 aromatic rings. The fourth-order valence-electron chi connectivity index (χ4n) is 1.57. The molecule has 0 heterocycles. The van der Waals surface area contributed by atoms with Gasteiger partial charge in [-0.15, -0.1) is 0 Å². The van der Waals surface area contributed by atoms with Gasteiger partial charge in [0, 0.05) is 10.2 Å². The Morgan fingerprint density at radius 2 is 2.15 bits per heavy atom. The number of aryl methyl sites for hydroxylation is 1. The van der Waals surface area contributed by atoms with Crippen LogP contribution in [0.25, 0.3) is 0 Å². The summed E-state index contributed by atoms with van der Waals surface area (Å²) < 4.78 is 1.03. The number of rotatable bonds is 5. The SMILES string of the molecule is Cc1cc(NCC(=O)N[C@](C)(C#N)C(C)C)ccc1Br. The third-order valence-electron chi connectivity index (χ3n) is 3.40. The Labute approximate surface area is 128 Å². The molecule has 1 amide bonds. The minimum Gasteiger partial charge on any atom is -0.376 e. The maximum atomic E-state index is 11.9. The molecule has 0 bridgehead atoms. The molecule has 5 heteroatoms. The van der Waals surface area contributed by atoms with E-state index < -0.39 is 5.54 Å². The summed E-state index contributed by atoms with van der Waals surface area (Å²) in [5.41, 5.74) is 1.14. The zero-order chi connectivity index (χ0) is 15.3. The lowest BCUT2D eigenvalue weighted by Gasteiger charge is -2.27. The van der Waals surface area contributed by atoms with Gasteiger partial charge < -0.3 is 10.6 Å². The van der Waals surface area contributed by atoms with Gasteiger partial charge >= 0.3 is 0 Å². The number of nitrogens with zero attached hydrogens (tertiary/aromatic N) is 1. The van der Waals surface area contributed by atoms with Crippen molar-refractivity contribution in [3.05, 3.63) is 28.2 Å². The van der Waals surface area contributed by atoms with E-state index in [4.69, 9.17) is 5.26 Å². The van der Waals surface area contributed by atoms with Gasteiger partial charge in [0.2, 0.25) is 5.91 Å². The lowest BCUT2D eigenvalue weighted by Crippen LogP contribution is -2.50. The van der Waals surface area contributed by atoms with Crippen molar-refractivity contribution in [3.63, 3.8) is 0 Å². The highest BCUT2D eigenvalue weighted by Gasteiger charge is 2.29. The number of benzene rings is 1. The third kappa shape index (κ3) is 4.24. The molecule has 0 aliphatic rings. The van der Waals surface area contributed by atoms with E-state index in [2.05, 4.69) is 32.6 Å². The van der Waals surface area contributed by atoms with Crippen molar-refractivity contribution in [2.45, 2.75) is 33.2 Å². The predicted molar refractivity (Wildman–Crippen MR) is 84.4 cm³/mol. The first-order valence-electron chi connectivity index (χ1n) is 6.51. The van der Waals surface area contributed by atoms with E-state index in [0.717, 1.165) is 15.7 Å². The Kier molecular flexibility index (Phi) is 5.58. The average molecular weight is 338 g/mol. The van der Waals surface area contributed by atoms with Crippen molar-refractivity contribution < 1.29 is 4.79 Å². The summed E-state index contributed by atoms with van der Waals surface area (Å²) in [5, 5.41) is 15.0. The van der Waals surface area contributed by atoms with Crippen LogP contribution in [0.2, 0.25) is 0 Å². The molecule has 108 valence electrons. The van der Waals surface area contributed by atoms with Gasteiger partial charge in [0.25, 0.3) is 0 Å². The van der Waals surface area contributed by atoms with E-state index in [1.165, 1.54) is 0 Å². The predicted octanol–water partition coefficient (Wildman–Crippen LogP) is 3.22. The van der Waals surface area contributed by atoms with Crippen LogP contribution < -0.4 is 10.6 Å². The van der Waals surface area contributed by atoms with E-state index in [1.807, 2.05) is 39.0 Å². The monoisotopic (exact) mass is 337 g/mol. The molecule has 1 atom stereocenters. The number of nitriles is 1. The zero-order valence-corrected chi connectivity index (χ0v) is 13.8. The minimum absolute atomic E-state index is 0.0476. The second-order valence-electron chi connectivity index (χ2n) is 5.33. The van der Waals surface area contributed by atoms with Gasteiger partial charge in [-0.25, -0.2) is 0 Å². The highest BCUT2D eigenvalue weighted by Crippen LogP contribution is 2.20. The summed E-state index contributed by atoms with van der Waals surface area (Å²) in [5.74, 6) is -0.144. The van der Waals surface area contributed by atoms with Crippen LogP contribution >= 0.6 is 15.9 Å². The molecule has 1 aromatic carbocycles. The largest absolute Gasteiger partial charge is 0.376 e. The molecule has 0 fully saturated rings. The lowest BCUT2D eigenvalue weighted by atomic mass is 9.90. The van der Waals surface area contributed by atoms with Crippen LogP contribution in [0.15, 0.2) is 22.7 Å². The number of hydrogen-bond acceptors (Lipinski definition) is 3. The molecule has 4 nitrogen and oxygen atoms in total. The highest BCUT2D eigenvalue weighted by atomic mass is 79.9. The Hall–Kier alpha value is -1.54. The van der Waals surface area contributed by atoms with E-state index in [1.54, 1.807) is 6.92 Å². The van der Waals surface area contributed by atoms with Crippen molar-refractivity contribution in [2.75, 3.05) is 11.9 Å². The van der Waals surface area contributed by atoms with Gasteiger partial charge in [-0.1, -0.05) is 29.8 Å². The third-order valence-corrected chi connectivity index (χ3v) is 4.29. The summed E-state index contributed by atoms with van der Waals surface area (Å²) in [6.07, 6.45) is 0. The second kappa shape index (κ2) is 6.76. The number of hydrogen-bond donors (Lipinski definition) is 2. The molecule has 20 heavy (non-hydrogen) atoms. The first kappa shape index (κ1) is 16.5. The lowest BCUT2D eigenvalue weighted by molar-refractivity contribution is -0.121. The van der Waals surface area contributed by atoms with Crippen molar-refractivity contribution in [2.24, 2.45) is 5.92 Å². The Bertz CT molecular complexity index is 536. The molecule has 0 spiro atoms. The Morgan fingerprint density at radius 3 is 2.65 bits per heavy atom. The van der Waals surface area contributed by atoms with Crippen molar-refractivity contribution in [1.29, 1.82) is 5.26 Å². The van der Waals surface area contributed by atoms with Crippen LogP contribution in [-0.4, -0.2) is 18.0 Å². The van der Waals surface area contributed by atoms with Crippen molar-refractivity contribution in [1.82, 2.24) is 5.32 Å². The Morgan fingerprint density at radius 1 is 1.50 bits per heavy atom. The molecule has 0 aliphatic carbocycles. The number of carbonyl (C=O) groups is 1. The molecule has 2 N–H and O–H groups in total. The molecule has 0 aromatic heterocycles. The summed E-state index contributed by atoms with van der Waals surface area (Å²) in [7, 11) is 0. The molecule has 0 radical (unpaired) electrons. The first-order chi connectivity index (χ1) is 9.28. The summed E-state index contributed by atoms with van der Waals surface area (Å²) in [4.78, 5) is 11.9. The molecular formula is C15H20BrN3O. The van der Waals surface area contributed by atoms with Crippen LogP contribution in [0.1, 0.15) is 26.3 Å². The molecule has 0 unspecified atom stereocenters. The Balaban J connectivity index is 2.60. The maximum absolute atomic E-state index is 11.9. The summed E-state index contributed by atoms with van der Waals surface area (Å²) in [6, 6.07) is 7.95. The van der Waals surface area contributed by atoms with Crippen LogP contribution in [0.3, 0.4) is 0 Å². The van der Waals surface area contributed by atoms with Crippen molar-refractivity contribution in [3.8, 4) is 6.07 Å². The fourth-order valence-corrected chi connectivity index (χ4v) is 1.82. The van der Waals surface area contributed by atoms with Crippen molar-refractivity contribution >= 4 is 27.5 Å². The molecule has 0 saturated heterocycles. The topological polar surface area (TPSA) is 64.9 Å². The molecular weight excluding hydrogens is 318 g/mol. The van der Waals surface area contributed by atoms with Gasteiger partial charge in [0.15, 0.2) is 0 Å². The second-order valence-corrected chi connectivity index (χ2v) is 6.19. The summed E-state index contributed by atoms with van der Waals surface area (Å²) in [6.45, 7) is 7.69. The fraction of sp³-hybridized carbons (Fsp3) is 0.467. The van der Waals surface area contributed by atoms with E-state index in [9.17, 15) is 4.79 Å². The van der Waals surface area contributed by atoms with Crippen LogP contribution in [0.5, 0.6) is 0 Å². The standard InChI is InChI=1S/C15H20BrN3O/c1-10(2)15(4,9-17)19-14(20)8-18-12-5-6-13(16)11(3)7-12/h5-7,10,18H,8H2,1-4H3,(H,19,20)/t15-/m1/s1. The molecule has 0 aliphatic heterocycles. The molecule has 1 rings (SSSR count). The van der Waals surface area contributed by atoms with E-state index in [0.29, 0.717) is 0 Å². The highest BCUT2D eigenvalue weighted by molar-refractivity contribution is 9.10. The number of anilines is 1. The number of nitrogens with one attached hydrogen (secondary N) is 2. The van der Waals surface area contributed by atoms with Crippen LogP contribution in [0.4, 0.5) is 5.69 Å². The van der Waals surface area contributed by atoms with Crippen LogP contribution in [-0.2, 0) is 4.79 Å². The zero-order valence-electron chi connectivity index (χ0n) is 12.2. The van der Waals surface area contributed by atoms with Gasteiger partial charge in [0.1, 0.15) is 5.54 Å². The summed E-state index contributed by atoms with van der Waals surface area (Å²) >= 11 is 3.43. The van der Waals surface area contributed by atoms with Crippen LogP contribution in [0, 0.1) is 24.2 Å². The number of carbonyl (C=O) groups excluding carboxylic acids is 1. The maximum Gasteiger partial charge on any atom is 0.240 e. The first-order valence-corrected chi connectivity index (χ1v) is 7.30. The van der Waals surface area contributed by atoms with Gasteiger partial charge in [-0.2, -0.15) is 5.26 Å². The number of amides is 1. The van der Waals surface area contributed by atoms with Gasteiger partial charge in [-0.05, 0) is 43.5 Å². The smallest absolute Gasteiger partial charge is 0.240 e. The number of halogens is 1. The van der Waals surface area contributed by atoms with E-state index in [-0.39, 0.29) is 18.4 Å². The normalized spacial score (nSPS) is 13.4. The minimum atomic E-state index is -0.839. The molecule has 0 saturated carbocycles. The van der Waals surface area contributed by atoms with Gasteiger partial charge in [-0.3, -0.25) is 4.79 Å². The quantitative estimate of drug-likeness (QED) is 0.866. The van der Waals surface area contributed by atoms with Gasteiger partial charge in [0.05, 0.1) is 12.6 Å². The van der Waals surface area contributed by atoms with E-state index >= 15 is 0 Å². The average Bonchev–Trinajstić information content (AvgIpc) is 2.39.